The maximum atomic E-state index is 12.6. The van der Waals surface area contributed by atoms with Gasteiger partial charge < -0.3 is 20.3 Å². The Kier molecular flexibility index (Phi) is 72.9. The summed E-state index contributed by atoms with van der Waals surface area (Å²) in [5, 5.41) is 23.3. The molecule has 0 rings (SSSR count). The molecule has 2 atom stereocenters. The average Bonchev–Trinajstić information content (AvgIpc) is 3.51. The highest BCUT2D eigenvalue weighted by atomic mass is 16.5. The van der Waals surface area contributed by atoms with Crippen LogP contribution in [0.15, 0.2) is 36.5 Å². The fraction of sp³-hybridized carbons (Fsp3) is 0.899. The predicted molar refractivity (Wildman–Crippen MR) is 375 cm³/mol. The Hall–Kier alpha value is -1.92. The number of hydrogen-bond donors (Lipinski definition) is 3. The molecule has 0 aromatic carbocycles. The Morgan fingerprint density at radius 1 is 0.318 bits per heavy atom. The number of nitrogens with one attached hydrogen (secondary N) is 1. The Morgan fingerprint density at radius 2 is 0.553 bits per heavy atom. The first-order chi connectivity index (χ1) is 42.0. The summed E-state index contributed by atoms with van der Waals surface area (Å²) >= 11 is 0. The van der Waals surface area contributed by atoms with Gasteiger partial charge in [-0.15, -0.1) is 0 Å². The van der Waals surface area contributed by atoms with Crippen molar-refractivity contribution in [2.45, 2.75) is 443 Å². The third-order valence-electron chi connectivity index (χ3n) is 18.1. The molecular weight excluding hydrogens is 1040 g/mol. The number of allylic oxidation sites excluding steroid dienone is 5. The smallest absolute Gasteiger partial charge is 0.305 e. The van der Waals surface area contributed by atoms with E-state index in [1.165, 1.54) is 360 Å². The van der Waals surface area contributed by atoms with Gasteiger partial charge in [0, 0.05) is 12.8 Å². The van der Waals surface area contributed by atoms with E-state index in [9.17, 15) is 19.8 Å². The monoisotopic (exact) mass is 1190 g/mol. The molecule has 0 aliphatic rings. The number of aliphatic hydroxyl groups is 2. The molecule has 0 aliphatic heterocycles. The van der Waals surface area contributed by atoms with Crippen molar-refractivity contribution in [3.8, 4) is 0 Å². The third kappa shape index (κ3) is 71.0. The summed E-state index contributed by atoms with van der Waals surface area (Å²) in [6, 6.07) is -0.629. The normalized spacial score (nSPS) is 12.7. The van der Waals surface area contributed by atoms with Gasteiger partial charge in [-0.1, -0.05) is 371 Å². The molecule has 0 heterocycles. The summed E-state index contributed by atoms with van der Waals surface area (Å²) in [4.78, 5) is 24.6. The third-order valence-corrected chi connectivity index (χ3v) is 18.1. The molecule has 3 N–H and O–H groups in total. The van der Waals surface area contributed by atoms with E-state index in [4.69, 9.17) is 4.74 Å². The minimum Gasteiger partial charge on any atom is -0.466 e. The average molecular weight is 1200 g/mol. The second kappa shape index (κ2) is 74.5. The van der Waals surface area contributed by atoms with Gasteiger partial charge in [0.15, 0.2) is 0 Å². The molecule has 0 bridgehead atoms. The molecule has 0 aromatic heterocycles. The number of amides is 1. The van der Waals surface area contributed by atoms with Crippen molar-refractivity contribution in [2.75, 3.05) is 13.2 Å². The Balaban J connectivity index is 3.40. The molecule has 0 spiro atoms. The van der Waals surface area contributed by atoms with Gasteiger partial charge in [-0.05, 0) is 83.5 Å². The number of unbranched alkanes of at least 4 members (excludes halogenated alkanes) is 58. The first-order valence-corrected chi connectivity index (χ1v) is 38.8. The van der Waals surface area contributed by atoms with Gasteiger partial charge >= 0.3 is 5.97 Å². The minimum absolute atomic E-state index is 0.00814. The van der Waals surface area contributed by atoms with Crippen LogP contribution in [0.5, 0.6) is 0 Å². The number of aliphatic hydroxyl groups excluding tert-OH is 2. The Labute approximate surface area is 532 Å². The topological polar surface area (TPSA) is 95.9 Å². The molecule has 0 saturated carbocycles. The van der Waals surface area contributed by atoms with Crippen LogP contribution in [0.25, 0.3) is 0 Å². The van der Waals surface area contributed by atoms with Gasteiger partial charge in [0.2, 0.25) is 5.91 Å². The second-order valence-electron chi connectivity index (χ2n) is 26.7. The largest absolute Gasteiger partial charge is 0.466 e. The van der Waals surface area contributed by atoms with Crippen molar-refractivity contribution in [3.63, 3.8) is 0 Å². The van der Waals surface area contributed by atoms with Gasteiger partial charge in [-0.25, -0.2) is 0 Å². The highest BCUT2D eigenvalue weighted by Gasteiger charge is 2.18. The standard InChI is InChI=1S/C79H151NO5/c1-3-5-7-9-11-13-15-17-18-19-20-21-22-29-32-35-38-41-44-48-51-55-59-63-67-71-77(82)76(75-81)80-78(83)72-68-64-60-56-52-49-45-42-39-36-33-30-27-25-23-24-26-28-31-34-37-40-43-46-50-54-58-62-66-70-74-85-79(84)73-69-65-61-57-53-47-16-14-12-10-8-6-4-2/h14,16,24,26,67,71,76-77,81-82H,3-13,15,17-23,25,27-66,68-70,72-75H2,1-2H3,(H,80,83)/b16-14-,26-24-,71-67+. The van der Waals surface area contributed by atoms with E-state index in [1.807, 2.05) is 6.08 Å². The van der Waals surface area contributed by atoms with Crippen LogP contribution in [0.4, 0.5) is 0 Å². The lowest BCUT2D eigenvalue weighted by Gasteiger charge is -2.20. The zero-order valence-corrected chi connectivity index (χ0v) is 57.6. The van der Waals surface area contributed by atoms with E-state index >= 15 is 0 Å². The molecule has 6 heteroatoms. The predicted octanol–water partition coefficient (Wildman–Crippen LogP) is 25.4. The van der Waals surface area contributed by atoms with Crippen LogP contribution in [-0.4, -0.2) is 47.4 Å². The van der Waals surface area contributed by atoms with Crippen LogP contribution in [0.2, 0.25) is 0 Å². The van der Waals surface area contributed by atoms with Crippen molar-refractivity contribution in [1.82, 2.24) is 5.32 Å². The van der Waals surface area contributed by atoms with Crippen LogP contribution in [0, 0.1) is 0 Å². The van der Waals surface area contributed by atoms with Gasteiger partial charge in [-0.3, -0.25) is 9.59 Å². The number of hydrogen-bond acceptors (Lipinski definition) is 5. The lowest BCUT2D eigenvalue weighted by molar-refractivity contribution is -0.143. The molecule has 1 amide bonds. The molecule has 0 saturated heterocycles. The molecule has 0 aliphatic carbocycles. The fourth-order valence-electron chi connectivity index (χ4n) is 12.2. The van der Waals surface area contributed by atoms with Crippen LogP contribution >= 0.6 is 0 Å². The van der Waals surface area contributed by atoms with Gasteiger partial charge in [0.1, 0.15) is 0 Å². The molecule has 85 heavy (non-hydrogen) atoms. The number of carbonyl (C=O) groups is 2. The van der Waals surface area contributed by atoms with Crippen molar-refractivity contribution in [3.05, 3.63) is 36.5 Å². The number of ether oxygens (including phenoxy) is 1. The SMILES string of the molecule is CCCCCC/C=C\CCCCCCCC(=O)OCCCCCCCCCCCCCC/C=C\CCCCCCCCCCCCCCCCC(=O)NC(CO)C(O)/C=C/CCCCCCCCCCCCCCCCCCCCCCCCC. The summed E-state index contributed by atoms with van der Waals surface area (Å²) in [5.74, 6) is -0.0535. The first kappa shape index (κ1) is 83.1. The van der Waals surface area contributed by atoms with Crippen LogP contribution in [-0.2, 0) is 14.3 Å². The van der Waals surface area contributed by atoms with E-state index in [-0.39, 0.29) is 18.5 Å². The van der Waals surface area contributed by atoms with E-state index in [0.29, 0.717) is 19.4 Å². The molecule has 0 aromatic rings. The Morgan fingerprint density at radius 3 is 0.847 bits per heavy atom. The fourth-order valence-corrected chi connectivity index (χ4v) is 12.2. The van der Waals surface area contributed by atoms with E-state index in [1.54, 1.807) is 6.08 Å². The van der Waals surface area contributed by atoms with Crippen LogP contribution < -0.4 is 5.32 Å². The lowest BCUT2D eigenvalue weighted by Crippen LogP contribution is -2.45. The molecule has 2 unspecified atom stereocenters. The number of carbonyl (C=O) groups excluding carboxylic acids is 2. The van der Waals surface area contributed by atoms with Crippen molar-refractivity contribution >= 4 is 11.9 Å². The molecular formula is C79H151NO5. The van der Waals surface area contributed by atoms with Crippen LogP contribution in [0.1, 0.15) is 431 Å². The zero-order valence-electron chi connectivity index (χ0n) is 57.6. The highest BCUT2D eigenvalue weighted by Crippen LogP contribution is 2.19. The van der Waals surface area contributed by atoms with Gasteiger partial charge in [-0.2, -0.15) is 0 Å². The molecule has 0 radical (unpaired) electrons. The van der Waals surface area contributed by atoms with Gasteiger partial charge in [0.05, 0.1) is 25.4 Å². The van der Waals surface area contributed by atoms with E-state index in [2.05, 4.69) is 43.5 Å². The summed E-state index contributed by atoms with van der Waals surface area (Å²) in [7, 11) is 0. The summed E-state index contributed by atoms with van der Waals surface area (Å²) in [5.41, 5.74) is 0. The summed E-state index contributed by atoms with van der Waals surface area (Å²) in [6.07, 6.45) is 96.9. The minimum atomic E-state index is -0.845. The molecule has 502 valence electrons. The van der Waals surface area contributed by atoms with Crippen molar-refractivity contribution in [1.29, 1.82) is 0 Å². The zero-order chi connectivity index (χ0) is 61.3. The number of rotatable bonds is 73. The Bertz CT molecular complexity index is 1380. The summed E-state index contributed by atoms with van der Waals surface area (Å²) in [6.45, 7) is 4.93. The maximum absolute atomic E-state index is 12.6. The molecule has 0 fully saturated rings. The van der Waals surface area contributed by atoms with Crippen LogP contribution in [0.3, 0.4) is 0 Å². The van der Waals surface area contributed by atoms with Gasteiger partial charge in [0.25, 0.3) is 0 Å². The first-order valence-electron chi connectivity index (χ1n) is 38.8. The lowest BCUT2D eigenvalue weighted by atomic mass is 10.0. The second-order valence-corrected chi connectivity index (χ2v) is 26.7. The quantitative estimate of drug-likeness (QED) is 0.0320. The maximum Gasteiger partial charge on any atom is 0.305 e. The van der Waals surface area contributed by atoms with Crippen molar-refractivity contribution in [2.24, 2.45) is 0 Å². The van der Waals surface area contributed by atoms with E-state index < -0.39 is 12.1 Å². The molecule has 6 nitrogen and oxygen atoms in total. The number of esters is 1. The highest BCUT2D eigenvalue weighted by molar-refractivity contribution is 5.76. The summed E-state index contributed by atoms with van der Waals surface area (Å²) < 4.78 is 5.48. The van der Waals surface area contributed by atoms with E-state index in [0.717, 1.165) is 44.9 Å². The van der Waals surface area contributed by atoms with Crippen molar-refractivity contribution < 1.29 is 24.5 Å².